The third-order valence-corrected chi connectivity index (χ3v) is 8.38. The van der Waals surface area contributed by atoms with E-state index in [-0.39, 0.29) is 31.8 Å². The molecule has 2 saturated heterocycles. The third kappa shape index (κ3) is 7.58. The van der Waals surface area contributed by atoms with Crippen LogP contribution in [0.5, 0.6) is 0 Å². The minimum atomic E-state index is -3.41. The topological polar surface area (TPSA) is 97.6 Å². The van der Waals surface area contributed by atoms with Crippen molar-refractivity contribution in [2.75, 3.05) is 26.4 Å². The van der Waals surface area contributed by atoms with Crippen LogP contribution in [0.2, 0.25) is 0 Å². The van der Waals surface area contributed by atoms with Crippen molar-refractivity contribution in [2.45, 2.75) is 127 Å². The van der Waals surface area contributed by atoms with Gasteiger partial charge in [0.2, 0.25) is 0 Å². The summed E-state index contributed by atoms with van der Waals surface area (Å²) in [6.07, 6.45) is 4.29. The predicted molar refractivity (Wildman–Crippen MR) is 131 cm³/mol. The molecule has 0 aromatic carbocycles. The maximum absolute atomic E-state index is 15.4. The lowest BCUT2D eigenvalue weighted by molar-refractivity contribution is -0.207. The summed E-state index contributed by atoms with van der Waals surface area (Å²) in [5.41, 5.74) is 0. The first-order valence-corrected chi connectivity index (χ1v) is 14.1. The van der Waals surface area contributed by atoms with Gasteiger partial charge in [0.25, 0.3) is 5.92 Å². The van der Waals surface area contributed by atoms with Gasteiger partial charge in [-0.25, -0.2) is 8.78 Å². The van der Waals surface area contributed by atoms with E-state index in [0.29, 0.717) is 32.7 Å². The lowest BCUT2D eigenvalue weighted by Gasteiger charge is -2.39. The van der Waals surface area contributed by atoms with E-state index in [9.17, 15) is 15.3 Å². The number of hydrogen-bond donors (Lipinski definition) is 3. The van der Waals surface area contributed by atoms with E-state index in [0.717, 1.165) is 51.9 Å². The molecule has 3 N–H and O–H groups in total. The van der Waals surface area contributed by atoms with Crippen LogP contribution in [-0.2, 0) is 18.9 Å². The number of rotatable bonds is 15. The lowest BCUT2D eigenvalue weighted by atomic mass is 9.73. The van der Waals surface area contributed by atoms with Crippen LogP contribution in [0.4, 0.5) is 8.78 Å². The molecular formula is C27H48F2O7. The monoisotopic (exact) mass is 522 g/mol. The smallest absolute Gasteiger partial charge is 0.276 e. The fraction of sp³-hybridized carbons (Fsp3) is 1.00. The Kier molecular flexibility index (Phi) is 11.8. The zero-order chi connectivity index (χ0) is 26.2. The SMILES string of the molecule is CCCCCC1(CC[C@@H]2[C@H](C(CCCO)C(F)(F)C(C)O)[C@@H](O)C[C@H]2OC2CCCCO2)OCCO1. The molecule has 0 aromatic heterocycles. The molecule has 1 aliphatic carbocycles. The van der Waals surface area contributed by atoms with Crippen LogP contribution >= 0.6 is 0 Å². The fourth-order valence-corrected chi connectivity index (χ4v) is 6.42. The molecule has 2 heterocycles. The van der Waals surface area contributed by atoms with Crippen LogP contribution in [-0.4, -0.2) is 78.1 Å². The molecule has 7 nitrogen and oxygen atoms in total. The maximum atomic E-state index is 15.4. The zero-order valence-electron chi connectivity index (χ0n) is 22.1. The quantitative estimate of drug-likeness (QED) is 0.274. The van der Waals surface area contributed by atoms with E-state index >= 15 is 8.78 Å². The first kappa shape index (κ1) is 30.1. The Hall–Kier alpha value is -0.420. The molecule has 36 heavy (non-hydrogen) atoms. The summed E-state index contributed by atoms with van der Waals surface area (Å²) in [7, 11) is 0. The number of hydrogen-bond acceptors (Lipinski definition) is 7. The Morgan fingerprint density at radius 2 is 1.83 bits per heavy atom. The van der Waals surface area contributed by atoms with Crippen LogP contribution in [0.25, 0.3) is 0 Å². The van der Waals surface area contributed by atoms with Crippen LogP contribution in [0.1, 0.15) is 90.9 Å². The number of aliphatic hydroxyl groups is 3. The Morgan fingerprint density at radius 1 is 1.08 bits per heavy atom. The van der Waals surface area contributed by atoms with Gasteiger partial charge in [0.05, 0.1) is 25.4 Å². The molecule has 3 unspecified atom stereocenters. The molecule has 9 heteroatoms. The Bertz CT molecular complexity index is 623. The van der Waals surface area contributed by atoms with Crippen molar-refractivity contribution in [1.29, 1.82) is 0 Å². The first-order valence-electron chi connectivity index (χ1n) is 14.1. The van der Waals surface area contributed by atoms with Gasteiger partial charge in [-0.2, -0.15) is 0 Å². The molecule has 3 fully saturated rings. The van der Waals surface area contributed by atoms with Crippen molar-refractivity contribution >= 4 is 0 Å². The summed E-state index contributed by atoms with van der Waals surface area (Å²) in [4.78, 5) is 0. The van der Waals surface area contributed by atoms with Gasteiger partial charge in [-0.05, 0) is 63.7 Å². The second kappa shape index (κ2) is 14.1. The minimum Gasteiger partial charge on any atom is -0.396 e. The van der Waals surface area contributed by atoms with Crippen molar-refractivity contribution in [2.24, 2.45) is 17.8 Å². The summed E-state index contributed by atoms with van der Waals surface area (Å²) in [6, 6.07) is 0. The van der Waals surface area contributed by atoms with Crippen molar-refractivity contribution in [3.8, 4) is 0 Å². The molecule has 7 atom stereocenters. The van der Waals surface area contributed by atoms with Crippen LogP contribution in [0.3, 0.4) is 0 Å². The van der Waals surface area contributed by atoms with Crippen molar-refractivity contribution in [3.05, 3.63) is 0 Å². The highest BCUT2D eigenvalue weighted by molar-refractivity contribution is 5.00. The molecular weight excluding hydrogens is 474 g/mol. The van der Waals surface area contributed by atoms with Gasteiger partial charge in [0.15, 0.2) is 12.1 Å². The third-order valence-electron chi connectivity index (χ3n) is 8.38. The second-order valence-corrected chi connectivity index (χ2v) is 10.9. The average Bonchev–Trinajstić information content (AvgIpc) is 3.43. The van der Waals surface area contributed by atoms with Gasteiger partial charge in [-0.3, -0.25) is 0 Å². The molecule has 0 radical (unpaired) electrons. The number of alkyl halides is 2. The lowest BCUT2D eigenvalue weighted by Crippen LogP contribution is -2.47. The Morgan fingerprint density at radius 3 is 2.44 bits per heavy atom. The second-order valence-electron chi connectivity index (χ2n) is 10.9. The molecule has 2 aliphatic heterocycles. The standard InChI is InChI=1S/C27H48F2O7/c1-3-4-6-12-26(34-16-17-35-26)13-11-20-23(36-24-10-5-7-15-33-24)18-22(32)25(20)21(9-8-14-30)27(28,29)19(2)31/h19-25,30-32H,3-18H2,1-2H3/t19?,20-,21?,22-,23+,24?,25+/m0/s1. The Labute approximate surface area is 214 Å². The highest BCUT2D eigenvalue weighted by atomic mass is 19.3. The average molecular weight is 523 g/mol. The molecule has 0 aromatic rings. The highest BCUT2D eigenvalue weighted by Crippen LogP contribution is 2.50. The summed E-state index contributed by atoms with van der Waals surface area (Å²) in [5.74, 6) is -6.59. The molecule has 1 saturated carbocycles. The van der Waals surface area contributed by atoms with Crippen LogP contribution in [0.15, 0.2) is 0 Å². The van der Waals surface area contributed by atoms with E-state index in [1.54, 1.807) is 0 Å². The zero-order valence-corrected chi connectivity index (χ0v) is 22.1. The number of aliphatic hydroxyl groups excluding tert-OH is 3. The molecule has 0 bridgehead atoms. The van der Waals surface area contributed by atoms with Crippen molar-refractivity contribution < 1.29 is 43.0 Å². The van der Waals surface area contributed by atoms with Gasteiger partial charge in [-0.15, -0.1) is 0 Å². The van der Waals surface area contributed by atoms with Gasteiger partial charge in [0.1, 0.15) is 6.10 Å². The number of unbranched alkanes of at least 4 members (excludes halogenated alkanes) is 2. The summed E-state index contributed by atoms with van der Waals surface area (Å²) in [5, 5.41) is 30.5. The van der Waals surface area contributed by atoms with E-state index < -0.39 is 48.1 Å². The Balaban J connectivity index is 1.83. The van der Waals surface area contributed by atoms with Crippen LogP contribution in [0, 0.1) is 17.8 Å². The van der Waals surface area contributed by atoms with Gasteiger partial charge < -0.3 is 34.3 Å². The van der Waals surface area contributed by atoms with Gasteiger partial charge >= 0.3 is 0 Å². The normalized spacial score (nSPS) is 32.6. The highest BCUT2D eigenvalue weighted by Gasteiger charge is 2.56. The molecule has 3 aliphatic rings. The van der Waals surface area contributed by atoms with Crippen LogP contribution < -0.4 is 0 Å². The molecule has 212 valence electrons. The summed E-state index contributed by atoms with van der Waals surface area (Å²) in [6.45, 7) is 4.63. The van der Waals surface area contributed by atoms with Crippen molar-refractivity contribution in [1.82, 2.24) is 0 Å². The number of halogens is 2. The van der Waals surface area contributed by atoms with E-state index in [2.05, 4.69) is 6.92 Å². The summed E-state index contributed by atoms with van der Waals surface area (Å²) >= 11 is 0. The minimum absolute atomic E-state index is 0.00786. The van der Waals surface area contributed by atoms with Crippen molar-refractivity contribution in [3.63, 3.8) is 0 Å². The first-order chi connectivity index (χ1) is 17.2. The van der Waals surface area contributed by atoms with Gasteiger partial charge in [0, 0.05) is 38.4 Å². The fourth-order valence-electron chi connectivity index (χ4n) is 6.42. The maximum Gasteiger partial charge on any atom is 0.276 e. The predicted octanol–water partition coefficient (Wildman–Crippen LogP) is 4.40. The largest absolute Gasteiger partial charge is 0.396 e. The van der Waals surface area contributed by atoms with E-state index in [1.165, 1.54) is 0 Å². The van der Waals surface area contributed by atoms with Gasteiger partial charge in [-0.1, -0.05) is 19.8 Å². The molecule has 0 amide bonds. The van der Waals surface area contributed by atoms with E-state index in [1.807, 2.05) is 0 Å². The van der Waals surface area contributed by atoms with E-state index in [4.69, 9.17) is 18.9 Å². The molecule has 0 spiro atoms. The molecule has 3 rings (SSSR count). The number of ether oxygens (including phenoxy) is 4. The summed E-state index contributed by atoms with van der Waals surface area (Å²) < 4.78 is 55.0.